The highest BCUT2D eigenvalue weighted by Gasteiger charge is 2.14. The summed E-state index contributed by atoms with van der Waals surface area (Å²) in [5.74, 6) is 1.53. The van der Waals surface area contributed by atoms with Crippen molar-refractivity contribution in [2.45, 2.75) is 25.0 Å². The molecule has 0 fully saturated rings. The number of rotatable bonds is 4. The largest absolute Gasteiger partial charge is 0.469 e. The molecule has 0 aliphatic heterocycles. The number of methoxy groups -OCH3 is 1. The third kappa shape index (κ3) is 3.96. The molecule has 0 rings (SSSR count). The second kappa shape index (κ2) is 5.58. The van der Waals surface area contributed by atoms with Crippen LogP contribution in [0.1, 0.15) is 12.8 Å². The van der Waals surface area contributed by atoms with E-state index in [4.69, 9.17) is 16.6 Å². The molecule has 0 aliphatic rings. The Bertz CT molecular complexity index is 182. The van der Waals surface area contributed by atoms with Gasteiger partial charge < -0.3 is 14.9 Å². The lowest BCUT2D eigenvalue weighted by Gasteiger charge is -2.10. The van der Waals surface area contributed by atoms with Gasteiger partial charge in [-0.25, -0.2) is 0 Å². The molecule has 0 amide bonds. The molecule has 0 aliphatic carbocycles. The Morgan fingerprint density at radius 3 is 2.67 bits per heavy atom. The van der Waals surface area contributed by atoms with Crippen molar-refractivity contribution in [3.05, 3.63) is 0 Å². The number of aliphatic hydroxyl groups is 2. The normalized spacial score (nSPS) is 14.5. The lowest BCUT2D eigenvalue weighted by atomic mass is 10.1. The summed E-state index contributed by atoms with van der Waals surface area (Å²) >= 11 is 0. The van der Waals surface area contributed by atoms with Gasteiger partial charge in [0.25, 0.3) is 0 Å². The van der Waals surface area contributed by atoms with Crippen LogP contribution in [0.25, 0.3) is 0 Å². The summed E-state index contributed by atoms with van der Waals surface area (Å²) < 4.78 is 4.33. The van der Waals surface area contributed by atoms with Crippen LogP contribution in [0.2, 0.25) is 0 Å². The fourth-order valence-corrected chi connectivity index (χ4v) is 0.637. The SMILES string of the molecule is C#C[C@H](O)[C@@H](O)CCC(=O)OC. The monoisotopic (exact) mass is 172 g/mol. The zero-order chi connectivity index (χ0) is 9.56. The van der Waals surface area contributed by atoms with Gasteiger partial charge in [0.1, 0.15) is 6.10 Å². The third-order valence-corrected chi connectivity index (χ3v) is 1.41. The Morgan fingerprint density at radius 2 is 2.25 bits per heavy atom. The quantitative estimate of drug-likeness (QED) is 0.434. The maximum Gasteiger partial charge on any atom is 0.305 e. The number of esters is 1. The minimum atomic E-state index is -1.21. The molecular formula is C8H12O4. The minimum absolute atomic E-state index is 0.0520. The van der Waals surface area contributed by atoms with E-state index in [9.17, 15) is 4.79 Å². The Hall–Kier alpha value is -1.05. The summed E-state index contributed by atoms with van der Waals surface area (Å²) in [6.45, 7) is 0. The summed E-state index contributed by atoms with van der Waals surface area (Å²) in [4.78, 5) is 10.6. The number of carbonyl (C=O) groups is 1. The van der Waals surface area contributed by atoms with E-state index in [1.54, 1.807) is 0 Å². The van der Waals surface area contributed by atoms with Gasteiger partial charge in [0.15, 0.2) is 0 Å². The van der Waals surface area contributed by atoms with Crippen LogP contribution in [0.15, 0.2) is 0 Å². The first-order valence-electron chi connectivity index (χ1n) is 3.51. The van der Waals surface area contributed by atoms with Gasteiger partial charge in [-0.05, 0) is 6.42 Å². The van der Waals surface area contributed by atoms with Crippen LogP contribution in [0.4, 0.5) is 0 Å². The molecule has 0 heterocycles. The third-order valence-electron chi connectivity index (χ3n) is 1.41. The van der Waals surface area contributed by atoms with Crippen LogP contribution in [0.3, 0.4) is 0 Å². The first kappa shape index (κ1) is 11.0. The molecule has 0 aromatic heterocycles. The second-order valence-electron chi connectivity index (χ2n) is 2.29. The standard InChI is InChI=1S/C8H12O4/c1-3-6(9)7(10)4-5-8(11)12-2/h1,6-7,9-10H,4-5H2,2H3/t6-,7-/m0/s1. The van der Waals surface area contributed by atoms with E-state index in [0.717, 1.165) is 0 Å². The number of carbonyl (C=O) groups excluding carboxylic acids is 1. The average molecular weight is 172 g/mol. The summed E-state index contributed by atoms with van der Waals surface area (Å²) in [7, 11) is 1.26. The molecule has 68 valence electrons. The molecule has 4 heteroatoms. The maximum atomic E-state index is 10.6. The van der Waals surface area contributed by atoms with Gasteiger partial charge in [-0.15, -0.1) is 6.42 Å². The van der Waals surface area contributed by atoms with Gasteiger partial charge in [-0.2, -0.15) is 0 Å². The van der Waals surface area contributed by atoms with Crippen LogP contribution in [0, 0.1) is 12.3 Å². The fraction of sp³-hybridized carbons (Fsp3) is 0.625. The molecule has 2 N–H and O–H groups in total. The minimum Gasteiger partial charge on any atom is -0.469 e. The van der Waals surface area contributed by atoms with E-state index in [-0.39, 0.29) is 12.8 Å². The molecule has 12 heavy (non-hydrogen) atoms. The van der Waals surface area contributed by atoms with Crippen LogP contribution in [-0.2, 0) is 9.53 Å². The molecule has 0 aromatic rings. The molecule has 0 bridgehead atoms. The number of ether oxygens (including phenoxy) is 1. The fourth-order valence-electron chi connectivity index (χ4n) is 0.637. The number of terminal acetylenes is 1. The molecule has 0 saturated carbocycles. The van der Waals surface area contributed by atoms with Gasteiger partial charge in [0, 0.05) is 6.42 Å². The number of aliphatic hydroxyl groups excluding tert-OH is 2. The number of hydrogen-bond acceptors (Lipinski definition) is 4. The van der Waals surface area contributed by atoms with Crippen LogP contribution >= 0.6 is 0 Å². The van der Waals surface area contributed by atoms with E-state index in [2.05, 4.69) is 4.74 Å². The van der Waals surface area contributed by atoms with Gasteiger partial charge in [-0.1, -0.05) is 5.92 Å². The van der Waals surface area contributed by atoms with Gasteiger partial charge in [0.2, 0.25) is 0 Å². The molecule has 2 atom stereocenters. The first-order chi connectivity index (χ1) is 5.61. The van der Waals surface area contributed by atoms with E-state index >= 15 is 0 Å². The molecule has 0 aromatic carbocycles. The van der Waals surface area contributed by atoms with Gasteiger partial charge in [-0.3, -0.25) is 4.79 Å². The van der Waals surface area contributed by atoms with Crippen molar-refractivity contribution < 1.29 is 19.7 Å². The van der Waals surface area contributed by atoms with Crippen molar-refractivity contribution in [2.24, 2.45) is 0 Å². The van der Waals surface area contributed by atoms with Crippen molar-refractivity contribution in [3.8, 4) is 12.3 Å². The summed E-state index contributed by atoms with van der Waals surface area (Å²) in [6, 6.07) is 0. The van der Waals surface area contributed by atoms with Crippen molar-refractivity contribution in [3.63, 3.8) is 0 Å². The van der Waals surface area contributed by atoms with Crippen molar-refractivity contribution in [2.75, 3.05) is 7.11 Å². The second-order valence-corrected chi connectivity index (χ2v) is 2.29. The predicted molar refractivity (Wildman–Crippen MR) is 42.1 cm³/mol. The van der Waals surface area contributed by atoms with E-state index < -0.39 is 18.2 Å². The summed E-state index contributed by atoms with van der Waals surface area (Å²) in [6.07, 6.45) is 2.72. The number of hydrogen-bond donors (Lipinski definition) is 2. The first-order valence-corrected chi connectivity index (χ1v) is 3.51. The highest BCUT2D eigenvalue weighted by molar-refractivity contribution is 5.69. The zero-order valence-electron chi connectivity index (χ0n) is 6.86. The van der Waals surface area contributed by atoms with Gasteiger partial charge in [0.05, 0.1) is 13.2 Å². The smallest absolute Gasteiger partial charge is 0.305 e. The molecular weight excluding hydrogens is 160 g/mol. The van der Waals surface area contributed by atoms with E-state index in [1.807, 2.05) is 5.92 Å². The van der Waals surface area contributed by atoms with Gasteiger partial charge >= 0.3 is 5.97 Å². The highest BCUT2D eigenvalue weighted by Crippen LogP contribution is 2.02. The Kier molecular flexibility index (Phi) is 5.09. The molecule has 0 spiro atoms. The van der Waals surface area contributed by atoms with Crippen LogP contribution in [0.5, 0.6) is 0 Å². The summed E-state index contributed by atoms with van der Waals surface area (Å²) in [5, 5.41) is 17.9. The van der Waals surface area contributed by atoms with Crippen molar-refractivity contribution >= 4 is 5.97 Å². The van der Waals surface area contributed by atoms with E-state index in [1.165, 1.54) is 7.11 Å². The van der Waals surface area contributed by atoms with Crippen molar-refractivity contribution in [1.82, 2.24) is 0 Å². The van der Waals surface area contributed by atoms with Crippen LogP contribution < -0.4 is 0 Å². The molecule has 0 radical (unpaired) electrons. The lowest BCUT2D eigenvalue weighted by molar-refractivity contribution is -0.141. The van der Waals surface area contributed by atoms with E-state index in [0.29, 0.717) is 0 Å². The molecule has 0 saturated heterocycles. The zero-order valence-corrected chi connectivity index (χ0v) is 6.86. The topological polar surface area (TPSA) is 66.8 Å². The highest BCUT2D eigenvalue weighted by atomic mass is 16.5. The Balaban J connectivity index is 3.65. The molecule has 0 unspecified atom stereocenters. The maximum absolute atomic E-state index is 10.6. The Morgan fingerprint density at radius 1 is 1.67 bits per heavy atom. The Labute approximate surface area is 71.2 Å². The lowest BCUT2D eigenvalue weighted by Crippen LogP contribution is -2.24. The summed E-state index contributed by atoms with van der Waals surface area (Å²) in [5.41, 5.74) is 0. The predicted octanol–water partition coefficient (Wildman–Crippen LogP) is -0.705. The van der Waals surface area contributed by atoms with Crippen LogP contribution in [-0.4, -0.2) is 35.5 Å². The average Bonchev–Trinajstić information content (AvgIpc) is 2.11. The molecule has 4 nitrogen and oxygen atoms in total. The van der Waals surface area contributed by atoms with Crippen molar-refractivity contribution in [1.29, 1.82) is 0 Å².